The SMILES string of the molecule is CON(C)C(=O)C=Cc1cccc(Cl)c1. The summed E-state index contributed by atoms with van der Waals surface area (Å²) >= 11 is 5.80. The molecule has 4 heteroatoms. The van der Waals surface area contributed by atoms with Crippen LogP contribution in [0.15, 0.2) is 30.3 Å². The number of benzene rings is 1. The normalized spacial score (nSPS) is 10.6. The average molecular weight is 226 g/mol. The van der Waals surface area contributed by atoms with E-state index in [-0.39, 0.29) is 5.91 Å². The molecule has 1 aromatic rings. The van der Waals surface area contributed by atoms with E-state index < -0.39 is 0 Å². The minimum absolute atomic E-state index is 0.225. The predicted octanol–water partition coefficient (Wildman–Crippen LogP) is 2.37. The number of nitrogens with zero attached hydrogens (tertiary/aromatic N) is 1. The van der Waals surface area contributed by atoms with Crippen molar-refractivity contribution < 1.29 is 9.63 Å². The second kappa shape index (κ2) is 5.53. The Balaban J connectivity index is 2.69. The van der Waals surface area contributed by atoms with Crippen molar-refractivity contribution in [2.45, 2.75) is 0 Å². The molecule has 1 amide bonds. The van der Waals surface area contributed by atoms with E-state index in [0.717, 1.165) is 10.6 Å². The summed E-state index contributed by atoms with van der Waals surface area (Å²) in [5, 5.41) is 1.78. The number of carbonyl (C=O) groups excluding carboxylic acids is 1. The van der Waals surface area contributed by atoms with Gasteiger partial charge in [0.25, 0.3) is 5.91 Å². The summed E-state index contributed by atoms with van der Waals surface area (Å²) in [4.78, 5) is 16.0. The lowest BCUT2D eigenvalue weighted by atomic mass is 10.2. The summed E-state index contributed by atoms with van der Waals surface area (Å²) in [6, 6.07) is 7.25. The Kier molecular flexibility index (Phi) is 4.34. The molecule has 0 aliphatic carbocycles. The fraction of sp³-hybridized carbons (Fsp3) is 0.182. The average Bonchev–Trinajstić information content (AvgIpc) is 2.25. The standard InChI is InChI=1S/C11H12ClNO2/c1-13(15-2)11(14)7-6-9-4-3-5-10(12)8-9/h3-8H,1-2H3. The minimum Gasteiger partial charge on any atom is -0.274 e. The Bertz CT molecular complexity index is 377. The number of hydrogen-bond donors (Lipinski definition) is 0. The number of likely N-dealkylation sites (N-methyl/N-ethyl adjacent to an activating group) is 1. The van der Waals surface area contributed by atoms with Crippen LogP contribution in [0.1, 0.15) is 5.56 Å². The number of halogens is 1. The molecule has 3 nitrogen and oxygen atoms in total. The smallest absolute Gasteiger partial charge is 0.269 e. The molecule has 1 rings (SSSR count). The van der Waals surface area contributed by atoms with Crippen LogP contribution in [0.2, 0.25) is 5.02 Å². The van der Waals surface area contributed by atoms with Crippen molar-refractivity contribution in [3.8, 4) is 0 Å². The van der Waals surface area contributed by atoms with Crippen LogP contribution >= 0.6 is 11.6 Å². The molecule has 0 saturated heterocycles. The van der Waals surface area contributed by atoms with Crippen LogP contribution in [0.5, 0.6) is 0 Å². The van der Waals surface area contributed by atoms with Crippen LogP contribution in [0.25, 0.3) is 6.08 Å². The van der Waals surface area contributed by atoms with Crippen molar-refractivity contribution in [3.63, 3.8) is 0 Å². The van der Waals surface area contributed by atoms with E-state index >= 15 is 0 Å². The van der Waals surface area contributed by atoms with Crippen LogP contribution in [0.3, 0.4) is 0 Å². The molecule has 80 valence electrons. The van der Waals surface area contributed by atoms with Gasteiger partial charge in [-0.05, 0) is 23.8 Å². The molecule has 0 aromatic heterocycles. The van der Waals surface area contributed by atoms with Crippen molar-refractivity contribution in [1.82, 2.24) is 5.06 Å². The van der Waals surface area contributed by atoms with Gasteiger partial charge in [-0.25, -0.2) is 5.06 Å². The van der Waals surface area contributed by atoms with Gasteiger partial charge in [-0.15, -0.1) is 0 Å². The zero-order valence-electron chi connectivity index (χ0n) is 8.61. The van der Waals surface area contributed by atoms with E-state index in [1.54, 1.807) is 25.3 Å². The number of rotatable bonds is 3. The highest BCUT2D eigenvalue weighted by molar-refractivity contribution is 6.30. The molecule has 0 bridgehead atoms. The summed E-state index contributed by atoms with van der Waals surface area (Å²) in [7, 11) is 2.98. The van der Waals surface area contributed by atoms with Crippen molar-refractivity contribution >= 4 is 23.6 Å². The lowest BCUT2D eigenvalue weighted by Gasteiger charge is -2.09. The molecular formula is C11H12ClNO2. The number of carbonyl (C=O) groups is 1. The summed E-state index contributed by atoms with van der Waals surface area (Å²) in [5.41, 5.74) is 0.875. The number of hydroxylamine groups is 2. The molecule has 0 atom stereocenters. The summed E-state index contributed by atoms with van der Waals surface area (Å²) in [6.45, 7) is 0. The Labute approximate surface area is 93.9 Å². The first-order valence-corrected chi connectivity index (χ1v) is 4.76. The van der Waals surface area contributed by atoms with Gasteiger partial charge < -0.3 is 0 Å². The van der Waals surface area contributed by atoms with Gasteiger partial charge in [-0.1, -0.05) is 23.7 Å². The molecule has 0 N–H and O–H groups in total. The number of amides is 1. The third-order valence-corrected chi connectivity index (χ3v) is 2.09. The molecule has 0 unspecified atom stereocenters. The fourth-order valence-corrected chi connectivity index (χ4v) is 1.17. The van der Waals surface area contributed by atoms with E-state index in [1.807, 2.05) is 12.1 Å². The van der Waals surface area contributed by atoms with Gasteiger partial charge >= 0.3 is 0 Å². The van der Waals surface area contributed by atoms with Crippen molar-refractivity contribution in [2.24, 2.45) is 0 Å². The van der Waals surface area contributed by atoms with Crippen LogP contribution in [-0.2, 0) is 9.63 Å². The number of hydrogen-bond acceptors (Lipinski definition) is 2. The maximum Gasteiger partial charge on any atom is 0.269 e. The highest BCUT2D eigenvalue weighted by Crippen LogP contribution is 2.11. The molecule has 0 radical (unpaired) electrons. The second-order valence-electron chi connectivity index (χ2n) is 2.91. The molecule has 0 aliphatic rings. The first-order chi connectivity index (χ1) is 7.13. The summed E-state index contributed by atoms with van der Waals surface area (Å²) in [6.07, 6.45) is 3.11. The third-order valence-electron chi connectivity index (χ3n) is 1.85. The van der Waals surface area contributed by atoms with Crippen molar-refractivity contribution in [2.75, 3.05) is 14.2 Å². The molecule has 15 heavy (non-hydrogen) atoms. The molecule has 0 spiro atoms. The maximum atomic E-state index is 11.3. The van der Waals surface area contributed by atoms with Crippen molar-refractivity contribution in [3.05, 3.63) is 40.9 Å². The van der Waals surface area contributed by atoms with Gasteiger partial charge in [0.1, 0.15) is 0 Å². The molecule has 0 fully saturated rings. The van der Waals surface area contributed by atoms with Gasteiger partial charge in [0.05, 0.1) is 7.11 Å². The third kappa shape index (κ3) is 3.73. The van der Waals surface area contributed by atoms with Crippen LogP contribution in [0, 0.1) is 0 Å². The first kappa shape index (κ1) is 11.8. The molecular weight excluding hydrogens is 214 g/mol. The van der Waals surface area contributed by atoms with E-state index in [0.29, 0.717) is 5.02 Å². The predicted molar refractivity (Wildman–Crippen MR) is 60.3 cm³/mol. The zero-order chi connectivity index (χ0) is 11.3. The Morgan fingerprint density at radius 3 is 2.87 bits per heavy atom. The van der Waals surface area contributed by atoms with Gasteiger partial charge in [0.15, 0.2) is 0 Å². The molecule has 0 aliphatic heterocycles. The topological polar surface area (TPSA) is 29.5 Å². The highest BCUT2D eigenvalue weighted by atomic mass is 35.5. The van der Waals surface area contributed by atoms with E-state index in [1.165, 1.54) is 13.2 Å². The lowest BCUT2D eigenvalue weighted by molar-refractivity contribution is -0.162. The van der Waals surface area contributed by atoms with E-state index in [2.05, 4.69) is 0 Å². The lowest BCUT2D eigenvalue weighted by Crippen LogP contribution is -2.22. The quantitative estimate of drug-likeness (QED) is 0.584. The Morgan fingerprint density at radius 2 is 2.27 bits per heavy atom. The monoisotopic (exact) mass is 225 g/mol. The largest absolute Gasteiger partial charge is 0.274 e. The molecule has 0 heterocycles. The first-order valence-electron chi connectivity index (χ1n) is 4.39. The van der Waals surface area contributed by atoms with Gasteiger partial charge in [-0.3, -0.25) is 9.63 Å². The van der Waals surface area contributed by atoms with E-state index in [4.69, 9.17) is 16.4 Å². The fourth-order valence-electron chi connectivity index (χ4n) is 0.973. The van der Waals surface area contributed by atoms with Gasteiger partial charge in [0, 0.05) is 18.1 Å². The van der Waals surface area contributed by atoms with E-state index in [9.17, 15) is 4.79 Å². The molecule has 1 aromatic carbocycles. The van der Waals surface area contributed by atoms with Crippen molar-refractivity contribution in [1.29, 1.82) is 0 Å². The van der Waals surface area contributed by atoms with Gasteiger partial charge in [0.2, 0.25) is 0 Å². The zero-order valence-corrected chi connectivity index (χ0v) is 9.36. The Morgan fingerprint density at radius 1 is 1.53 bits per heavy atom. The second-order valence-corrected chi connectivity index (χ2v) is 3.34. The highest BCUT2D eigenvalue weighted by Gasteiger charge is 2.01. The minimum atomic E-state index is -0.225. The summed E-state index contributed by atoms with van der Waals surface area (Å²) in [5.74, 6) is -0.225. The Hall–Kier alpha value is -1.32. The van der Waals surface area contributed by atoms with Crippen LogP contribution in [-0.4, -0.2) is 25.1 Å². The summed E-state index contributed by atoms with van der Waals surface area (Å²) < 4.78 is 0. The van der Waals surface area contributed by atoms with Gasteiger partial charge in [-0.2, -0.15) is 0 Å². The van der Waals surface area contributed by atoms with Crippen LogP contribution in [0.4, 0.5) is 0 Å². The maximum absolute atomic E-state index is 11.3. The molecule has 0 saturated carbocycles. The van der Waals surface area contributed by atoms with Crippen LogP contribution < -0.4 is 0 Å².